The van der Waals surface area contributed by atoms with E-state index in [1.165, 1.54) is 0 Å². The Morgan fingerprint density at radius 1 is 1.29 bits per heavy atom. The minimum absolute atomic E-state index is 0.00830. The maximum Gasteiger partial charge on any atom is 0.239 e. The molecule has 0 aliphatic heterocycles. The molecule has 2 N–H and O–H groups in total. The van der Waals surface area contributed by atoms with Gasteiger partial charge in [0.15, 0.2) is 0 Å². The van der Waals surface area contributed by atoms with Crippen LogP contribution in [0.15, 0.2) is 24.3 Å². The molecule has 0 radical (unpaired) electrons. The van der Waals surface area contributed by atoms with Gasteiger partial charge in [-0.05, 0) is 45.0 Å². The Kier molecular flexibility index (Phi) is 4.97. The first-order valence-corrected chi connectivity index (χ1v) is 6.05. The lowest BCUT2D eigenvalue weighted by molar-refractivity contribution is -0.126. The molecule has 1 rings (SSSR count). The summed E-state index contributed by atoms with van der Waals surface area (Å²) in [6, 6.07) is 7.65. The maximum absolute atomic E-state index is 11.7. The zero-order valence-corrected chi connectivity index (χ0v) is 11.3. The van der Waals surface area contributed by atoms with Crippen molar-refractivity contribution in [2.24, 2.45) is 0 Å². The van der Waals surface area contributed by atoms with Gasteiger partial charge in [0.2, 0.25) is 5.91 Å². The molecule has 1 aromatic rings. The molecular weight excluding hydrogens is 236 g/mol. The van der Waals surface area contributed by atoms with Crippen LogP contribution in [0.3, 0.4) is 0 Å². The average molecular weight is 255 g/mol. The summed E-state index contributed by atoms with van der Waals surface area (Å²) in [6.07, 6.45) is 0.808. The van der Waals surface area contributed by atoms with Crippen LogP contribution in [-0.4, -0.2) is 25.0 Å². The molecule has 4 heteroatoms. The fourth-order valence-electron chi connectivity index (χ4n) is 1.31. The van der Waals surface area contributed by atoms with Crippen LogP contribution in [0, 0.1) is 0 Å². The summed E-state index contributed by atoms with van der Waals surface area (Å²) in [7, 11) is 1.78. The molecule has 0 aliphatic carbocycles. The predicted octanol–water partition coefficient (Wildman–Crippen LogP) is 2.00. The first kappa shape index (κ1) is 14.0. The lowest BCUT2D eigenvalue weighted by atomic mass is 10.1. The Labute approximate surface area is 108 Å². The molecule has 0 aliphatic rings. The maximum atomic E-state index is 11.7. The standard InChI is InChI=1S/C13H19ClN2O/c1-13(2,15-3)12(17)16-9-8-10-4-6-11(14)7-5-10/h4-7,15H,8-9H2,1-3H3,(H,16,17). The third-order valence-corrected chi connectivity index (χ3v) is 3.06. The second kappa shape index (κ2) is 6.03. The summed E-state index contributed by atoms with van der Waals surface area (Å²) in [4.78, 5) is 11.7. The first-order chi connectivity index (χ1) is 7.95. The molecule has 3 nitrogen and oxygen atoms in total. The lowest BCUT2D eigenvalue weighted by Crippen LogP contribution is -2.51. The van der Waals surface area contributed by atoms with E-state index in [4.69, 9.17) is 11.6 Å². The third-order valence-electron chi connectivity index (χ3n) is 2.81. The SMILES string of the molecule is CNC(C)(C)C(=O)NCCc1ccc(Cl)cc1. The molecule has 0 heterocycles. The molecule has 94 valence electrons. The lowest BCUT2D eigenvalue weighted by Gasteiger charge is -2.22. The first-order valence-electron chi connectivity index (χ1n) is 5.67. The number of likely N-dealkylation sites (N-methyl/N-ethyl adjacent to an activating group) is 1. The van der Waals surface area contributed by atoms with E-state index in [1.807, 2.05) is 38.1 Å². The Morgan fingerprint density at radius 3 is 2.41 bits per heavy atom. The Bertz CT molecular complexity index is 374. The van der Waals surface area contributed by atoms with Gasteiger partial charge in [0.05, 0.1) is 5.54 Å². The zero-order valence-electron chi connectivity index (χ0n) is 10.5. The summed E-state index contributed by atoms with van der Waals surface area (Å²) in [5.41, 5.74) is 0.636. The summed E-state index contributed by atoms with van der Waals surface area (Å²) in [5.74, 6) is 0.00830. The minimum atomic E-state index is -0.528. The Morgan fingerprint density at radius 2 is 1.88 bits per heavy atom. The molecule has 0 spiro atoms. The van der Waals surface area contributed by atoms with Gasteiger partial charge in [0.25, 0.3) is 0 Å². The van der Waals surface area contributed by atoms with Gasteiger partial charge in [0.1, 0.15) is 0 Å². The van der Waals surface area contributed by atoms with Crippen LogP contribution in [0.1, 0.15) is 19.4 Å². The van der Waals surface area contributed by atoms with Crippen LogP contribution in [-0.2, 0) is 11.2 Å². The van der Waals surface area contributed by atoms with Crippen LogP contribution in [0.25, 0.3) is 0 Å². The van der Waals surface area contributed by atoms with Crippen molar-refractivity contribution in [2.75, 3.05) is 13.6 Å². The van der Waals surface area contributed by atoms with Crippen LogP contribution >= 0.6 is 11.6 Å². The molecule has 0 bridgehead atoms. The molecular formula is C13H19ClN2O. The molecule has 0 saturated carbocycles. The highest BCUT2D eigenvalue weighted by Crippen LogP contribution is 2.09. The summed E-state index contributed by atoms with van der Waals surface area (Å²) < 4.78 is 0. The van der Waals surface area contributed by atoms with E-state index in [1.54, 1.807) is 7.05 Å². The van der Waals surface area contributed by atoms with E-state index < -0.39 is 5.54 Å². The topological polar surface area (TPSA) is 41.1 Å². The number of hydrogen-bond acceptors (Lipinski definition) is 2. The number of nitrogens with one attached hydrogen (secondary N) is 2. The summed E-state index contributed by atoms with van der Waals surface area (Å²) in [5, 5.41) is 6.60. The van der Waals surface area contributed by atoms with Gasteiger partial charge in [-0.15, -0.1) is 0 Å². The van der Waals surface area contributed by atoms with Gasteiger partial charge < -0.3 is 10.6 Å². The van der Waals surface area contributed by atoms with Crippen molar-refractivity contribution in [1.29, 1.82) is 0 Å². The van der Waals surface area contributed by atoms with E-state index in [-0.39, 0.29) is 5.91 Å². The van der Waals surface area contributed by atoms with Gasteiger partial charge in [-0.1, -0.05) is 23.7 Å². The normalized spacial score (nSPS) is 11.3. The highest BCUT2D eigenvalue weighted by molar-refractivity contribution is 6.30. The molecule has 0 saturated heterocycles. The zero-order chi connectivity index (χ0) is 12.9. The van der Waals surface area contributed by atoms with Crippen molar-refractivity contribution in [2.45, 2.75) is 25.8 Å². The average Bonchev–Trinajstić information content (AvgIpc) is 2.31. The highest BCUT2D eigenvalue weighted by Gasteiger charge is 2.24. The minimum Gasteiger partial charge on any atom is -0.354 e. The van der Waals surface area contributed by atoms with Crippen LogP contribution in [0.2, 0.25) is 5.02 Å². The van der Waals surface area contributed by atoms with E-state index >= 15 is 0 Å². The van der Waals surface area contributed by atoms with Crippen molar-refractivity contribution >= 4 is 17.5 Å². The van der Waals surface area contributed by atoms with Crippen molar-refractivity contribution in [3.05, 3.63) is 34.9 Å². The fourth-order valence-corrected chi connectivity index (χ4v) is 1.43. The second-order valence-corrected chi connectivity index (χ2v) is 4.94. The van der Waals surface area contributed by atoms with E-state index in [0.29, 0.717) is 6.54 Å². The predicted molar refractivity (Wildman–Crippen MR) is 71.3 cm³/mol. The molecule has 0 fully saturated rings. The number of hydrogen-bond donors (Lipinski definition) is 2. The van der Waals surface area contributed by atoms with Crippen molar-refractivity contribution in [3.8, 4) is 0 Å². The Balaban J connectivity index is 2.38. The third kappa shape index (κ3) is 4.36. The van der Waals surface area contributed by atoms with Crippen molar-refractivity contribution in [1.82, 2.24) is 10.6 Å². The van der Waals surface area contributed by atoms with Gasteiger partial charge >= 0.3 is 0 Å². The molecule has 17 heavy (non-hydrogen) atoms. The van der Waals surface area contributed by atoms with E-state index in [2.05, 4.69) is 10.6 Å². The number of rotatable bonds is 5. The van der Waals surface area contributed by atoms with Crippen LogP contribution in [0.4, 0.5) is 0 Å². The molecule has 0 atom stereocenters. The van der Waals surface area contributed by atoms with E-state index in [0.717, 1.165) is 17.0 Å². The monoisotopic (exact) mass is 254 g/mol. The largest absolute Gasteiger partial charge is 0.354 e. The van der Waals surface area contributed by atoms with Gasteiger partial charge in [-0.3, -0.25) is 4.79 Å². The van der Waals surface area contributed by atoms with E-state index in [9.17, 15) is 4.79 Å². The number of amides is 1. The smallest absolute Gasteiger partial charge is 0.239 e. The fraction of sp³-hybridized carbons (Fsp3) is 0.462. The van der Waals surface area contributed by atoms with Crippen LogP contribution in [0.5, 0.6) is 0 Å². The quantitative estimate of drug-likeness (QED) is 0.844. The van der Waals surface area contributed by atoms with Gasteiger partial charge in [-0.2, -0.15) is 0 Å². The summed E-state index contributed by atoms with van der Waals surface area (Å²) >= 11 is 5.80. The number of halogens is 1. The number of carbonyl (C=O) groups excluding carboxylic acids is 1. The van der Waals surface area contributed by atoms with Crippen molar-refractivity contribution in [3.63, 3.8) is 0 Å². The van der Waals surface area contributed by atoms with Crippen LogP contribution < -0.4 is 10.6 Å². The molecule has 0 aromatic heterocycles. The van der Waals surface area contributed by atoms with Crippen molar-refractivity contribution < 1.29 is 4.79 Å². The molecule has 0 unspecified atom stereocenters. The second-order valence-electron chi connectivity index (χ2n) is 4.51. The van der Waals surface area contributed by atoms with Gasteiger partial charge in [-0.25, -0.2) is 0 Å². The number of benzene rings is 1. The summed E-state index contributed by atoms with van der Waals surface area (Å²) in [6.45, 7) is 4.33. The Hall–Kier alpha value is -1.06. The number of carbonyl (C=O) groups is 1. The molecule has 1 aromatic carbocycles. The highest BCUT2D eigenvalue weighted by atomic mass is 35.5. The van der Waals surface area contributed by atoms with Gasteiger partial charge in [0, 0.05) is 11.6 Å². The molecule has 1 amide bonds.